The Morgan fingerprint density at radius 1 is 0.294 bits per heavy atom. The van der Waals surface area contributed by atoms with Crippen molar-refractivity contribution in [2.24, 2.45) is 20.0 Å². The van der Waals surface area contributed by atoms with E-state index >= 15 is 0 Å². The zero-order chi connectivity index (χ0) is 94.6. The summed E-state index contributed by atoms with van der Waals surface area (Å²) < 4.78 is 26.5. The van der Waals surface area contributed by atoms with Crippen LogP contribution in [0.2, 0.25) is 10.0 Å². The minimum absolute atomic E-state index is 0.218. The SMILES string of the molecule is CC1=C(C(=O)Nc2ccc(C)cc2)C(c2ccccc2Br)N=C(Nc2nc3ccccc3o2)N1.CC1=C(C(=O)Nc2ccc(Cl)cc2)C(c2ccccc2Br)N=C(Nc2nc3ccccc3o2)N1.CC1=C(C(=O)Nc2ccccc2C)C(c2ccccc2Br)N=C(Nc2nc3ccccc3o2)N1.CC1=C(C(=O)Nc2ccccc2Cl)C(c2ccccc2Br)N=C(Nc2nc3ccccc3o2)N1. The van der Waals surface area contributed by atoms with Crippen molar-refractivity contribution in [3.8, 4) is 0 Å². The number of anilines is 8. The fourth-order valence-electron chi connectivity index (χ4n) is 15.2. The number of nitrogens with zero attached hydrogens (tertiary/aromatic N) is 8. The van der Waals surface area contributed by atoms with Crippen LogP contribution in [0.1, 0.15) is 85.2 Å². The Labute approximate surface area is 822 Å². The van der Waals surface area contributed by atoms with Gasteiger partial charge in [0, 0.05) is 62.8 Å². The summed E-state index contributed by atoms with van der Waals surface area (Å²) >= 11 is 26.7. The first-order chi connectivity index (χ1) is 65.9. The molecule has 12 aromatic carbocycles. The molecule has 0 bridgehead atoms. The molecule has 0 spiro atoms. The minimum atomic E-state index is -0.591. The number of aliphatic imine (C=N–C) groups is 4. The van der Waals surface area contributed by atoms with Crippen molar-refractivity contribution in [1.82, 2.24) is 41.2 Å². The number of benzene rings is 12. The fraction of sp³-hybridized carbons (Fsp3) is 0.0980. The summed E-state index contributed by atoms with van der Waals surface area (Å²) in [7, 11) is 0. The molecule has 20 rings (SSSR count). The van der Waals surface area contributed by atoms with Crippen LogP contribution in [0, 0.1) is 13.8 Å². The molecular weight excluding hydrogens is 2020 g/mol. The molecule has 34 heteroatoms. The molecule has 680 valence electrons. The largest absolute Gasteiger partial charge is 0.423 e. The first-order valence-electron chi connectivity index (χ1n) is 42.5. The second kappa shape index (κ2) is 42.0. The maximum absolute atomic E-state index is 13.5. The Morgan fingerprint density at radius 2 is 0.551 bits per heavy atom. The summed E-state index contributed by atoms with van der Waals surface area (Å²) in [5, 5.41) is 38.1. The van der Waals surface area contributed by atoms with Gasteiger partial charge in [-0.2, -0.15) is 19.9 Å². The molecule has 0 saturated heterocycles. The lowest BCUT2D eigenvalue weighted by Crippen LogP contribution is -2.37. The molecule has 4 unspecified atom stereocenters. The summed E-state index contributed by atoms with van der Waals surface area (Å²) in [6.45, 7) is 11.3. The van der Waals surface area contributed by atoms with Crippen LogP contribution in [0.3, 0.4) is 0 Å². The lowest BCUT2D eigenvalue weighted by molar-refractivity contribution is -0.114. The number of fused-ring (bicyclic) bond motifs is 4. The van der Waals surface area contributed by atoms with Crippen LogP contribution in [0.15, 0.2) is 392 Å². The van der Waals surface area contributed by atoms with Gasteiger partial charge in [-0.1, -0.05) is 256 Å². The molecule has 4 aliphatic heterocycles. The Balaban J connectivity index is 0.000000126. The van der Waals surface area contributed by atoms with Crippen LogP contribution >= 0.6 is 86.9 Å². The van der Waals surface area contributed by atoms with Gasteiger partial charge in [0.05, 0.1) is 33.0 Å². The van der Waals surface area contributed by atoms with E-state index in [0.29, 0.717) is 137 Å². The average molecular weight is 2110 g/mol. The number of aryl methyl sites for hydroxylation is 2. The van der Waals surface area contributed by atoms with E-state index in [4.69, 9.17) is 60.8 Å². The maximum Gasteiger partial charge on any atom is 0.302 e. The molecule has 12 N–H and O–H groups in total. The number of carbonyl (C=O) groups excluding carboxylic acids is 4. The van der Waals surface area contributed by atoms with Crippen molar-refractivity contribution in [3.05, 3.63) is 398 Å². The summed E-state index contributed by atoms with van der Waals surface area (Å²) in [5.41, 5.74) is 18.5. The number of amides is 4. The van der Waals surface area contributed by atoms with Gasteiger partial charge in [-0.25, -0.2) is 20.0 Å². The van der Waals surface area contributed by atoms with Crippen LogP contribution < -0.4 is 63.8 Å². The van der Waals surface area contributed by atoms with E-state index < -0.39 is 24.2 Å². The number of allylic oxidation sites excluding steroid dienone is 4. The van der Waals surface area contributed by atoms with Gasteiger partial charge in [-0.05, 0) is 197 Å². The Morgan fingerprint density at radius 3 is 0.853 bits per heavy atom. The molecule has 8 heterocycles. The van der Waals surface area contributed by atoms with Crippen LogP contribution in [0.5, 0.6) is 0 Å². The molecule has 4 atom stereocenters. The number of para-hydroxylation sites is 10. The molecule has 16 aromatic rings. The lowest BCUT2D eigenvalue weighted by atomic mass is 9.95. The third-order valence-electron chi connectivity index (χ3n) is 21.7. The van der Waals surface area contributed by atoms with Crippen LogP contribution in [0.25, 0.3) is 44.4 Å². The highest BCUT2D eigenvalue weighted by Crippen LogP contribution is 2.42. The van der Waals surface area contributed by atoms with Gasteiger partial charge >= 0.3 is 24.1 Å². The van der Waals surface area contributed by atoms with E-state index in [1.807, 2.05) is 296 Å². The van der Waals surface area contributed by atoms with E-state index in [2.05, 4.69) is 147 Å². The van der Waals surface area contributed by atoms with Crippen LogP contribution in [0.4, 0.5) is 46.8 Å². The van der Waals surface area contributed by atoms with E-state index in [-0.39, 0.29) is 23.6 Å². The minimum Gasteiger partial charge on any atom is -0.423 e. The number of hydrogen-bond acceptors (Lipinski definition) is 24. The van der Waals surface area contributed by atoms with Gasteiger partial charge in [-0.3, -0.25) is 40.4 Å². The van der Waals surface area contributed by atoms with Gasteiger partial charge in [0.2, 0.25) is 23.8 Å². The highest BCUT2D eigenvalue weighted by Gasteiger charge is 2.37. The summed E-state index contributed by atoms with van der Waals surface area (Å²) in [6, 6.07) is 89.3. The quantitative estimate of drug-likeness (QED) is 0.0427. The zero-order valence-corrected chi connectivity index (χ0v) is 81.0. The van der Waals surface area contributed by atoms with Crippen LogP contribution in [-0.4, -0.2) is 67.4 Å². The Hall–Kier alpha value is -15.1. The second-order valence-electron chi connectivity index (χ2n) is 31.2. The fourth-order valence-corrected chi connectivity index (χ4v) is 17.5. The third kappa shape index (κ3) is 21.9. The molecule has 0 aliphatic carbocycles. The molecule has 0 saturated carbocycles. The van der Waals surface area contributed by atoms with Crippen LogP contribution in [-0.2, 0) is 19.2 Å². The van der Waals surface area contributed by atoms with E-state index in [1.165, 1.54) is 0 Å². The highest BCUT2D eigenvalue weighted by atomic mass is 79.9. The van der Waals surface area contributed by atoms with Gasteiger partial charge in [0.25, 0.3) is 23.6 Å². The monoisotopic (exact) mass is 2100 g/mol. The van der Waals surface area contributed by atoms with Crippen molar-refractivity contribution < 1.29 is 36.8 Å². The zero-order valence-electron chi connectivity index (χ0n) is 73.1. The van der Waals surface area contributed by atoms with Crippen molar-refractivity contribution in [3.63, 3.8) is 0 Å². The number of rotatable bonds is 16. The number of oxazole rings is 4. The molecule has 0 fully saturated rings. The average Bonchev–Trinajstić information content (AvgIpc) is 1.20. The summed E-state index contributed by atoms with van der Waals surface area (Å²) in [6.07, 6.45) is 0. The van der Waals surface area contributed by atoms with Gasteiger partial charge in [-0.15, -0.1) is 0 Å². The van der Waals surface area contributed by atoms with E-state index in [9.17, 15) is 19.2 Å². The first kappa shape index (κ1) is 92.8. The van der Waals surface area contributed by atoms with Gasteiger partial charge < -0.3 is 60.2 Å². The molecule has 136 heavy (non-hydrogen) atoms. The van der Waals surface area contributed by atoms with Crippen molar-refractivity contribution in [2.75, 3.05) is 42.5 Å². The Kier molecular flexibility index (Phi) is 28.7. The Bertz CT molecular complexity index is 7000. The topological polar surface area (TPSA) is 366 Å². The number of aromatic nitrogens is 4. The molecule has 28 nitrogen and oxygen atoms in total. The summed E-state index contributed by atoms with van der Waals surface area (Å²) in [4.78, 5) is 90.7. The normalized spacial score (nSPS) is 15.6. The van der Waals surface area contributed by atoms with Crippen molar-refractivity contribution in [2.45, 2.75) is 65.7 Å². The predicted octanol–water partition coefficient (Wildman–Crippen LogP) is 24.4. The highest BCUT2D eigenvalue weighted by molar-refractivity contribution is 9.11. The maximum atomic E-state index is 13.5. The number of guanidine groups is 4. The predicted molar refractivity (Wildman–Crippen MR) is 551 cm³/mol. The standard InChI is InChI=1S/2C26H22BrN5O2.2C25H19BrClN5O2/c1-15-9-3-6-12-19(15)29-24(33)22-16(2)28-25(31-23(22)17-10-4-5-11-18(17)27)32-26-30-20-13-7-8-14-21(20)34-26;1-15-11-13-17(14-12-15)29-24(33)22-16(2)28-25(31-23(22)18-7-3-4-8-19(18)27)32-26-30-20-9-5-6-10-21(20)34-26;1-14-21(23(33)29-18-11-5-4-10-17(18)27)22(15-8-2-3-9-16(15)26)31-24(28-14)32-25-30-19-12-6-7-13-20(19)34-25;1-14-21(23(33)29-16-12-10-15(27)11-13-16)22(17-6-2-3-7-18(17)26)31-24(28-14)32-25-30-19-8-4-5-9-20(19)34-25/h2*3-14,23H,1-2H3,(H,29,33)(H2,28,30,31,32);2*2-13,22H,1H3,(H,29,33)(H2,28,30,31,32). The number of halogens is 6. The van der Waals surface area contributed by atoms with Crippen molar-refractivity contribution in [1.29, 1.82) is 0 Å². The van der Waals surface area contributed by atoms with Gasteiger partial charge in [0.1, 0.15) is 46.2 Å². The number of carbonyl (C=O) groups is 4. The lowest BCUT2D eigenvalue weighted by Gasteiger charge is -2.27. The molecule has 4 aromatic heterocycles. The molecule has 4 amide bonds. The molecule has 4 aliphatic rings. The third-order valence-corrected chi connectivity index (χ3v) is 25.2. The van der Waals surface area contributed by atoms with E-state index in [0.717, 1.165) is 84.7 Å². The molecular formula is C102H82Br4Cl2N20O8. The number of nitrogens with one attached hydrogen (secondary N) is 12. The second-order valence-corrected chi connectivity index (χ2v) is 35.5. The smallest absolute Gasteiger partial charge is 0.302 e. The van der Waals surface area contributed by atoms with E-state index in [1.54, 1.807) is 36.4 Å². The van der Waals surface area contributed by atoms with Gasteiger partial charge in [0.15, 0.2) is 22.3 Å². The van der Waals surface area contributed by atoms with Crippen molar-refractivity contribution >= 4 is 226 Å². The molecule has 0 radical (unpaired) electrons. The number of hydrogen-bond donors (Lipinski definition) is 12. The first-order valence-corrected chi connectivity index (χ1v) is 46.5. The summed E-state index contributed by atoms with van der Waals surface area (Å²) in [5.74, 6) is 0.714.